The summed E-state index contributed by atoms with van der Waals surface area (Å²) in [4.78, 5) is 17.4. The van der Waals surface area contributed by atoms with Crippen LogP contribution in [0.25, 0.3) is 6.08 Å². The minimum absolute atomic E-state index is 0.213. The number of amidine groups is 1. The smallest absolute Gasteiger partial charge is 0.264 e. The number of rotatable bonds is 6. The van der Waals surface area contributed by atoms with E-state index in [1.165, 1.54) is 11.8 Å². The van der Waals surface area contributed by atoms with Gasteiger partial charge in [0.05, 0.1) is 22.7 Å². The zero-order valence-corrected chi connectivity index (χ0v) is 20.1. The van der Waals surface area contributed by atoms with Crippen molar-refractivity contribution in [3.8, 4) is 11.5 Å². The lowest BCUT2D eigenvalue weighted by Crippen LogP contribution is -2.19. The number of ether oxygens (including phenoxy) is 2. The summed E-state index contributed by atoms with van der Waals surface area (Å²) < 4.78 is 12.4. The summed E-state index contributed by atoms with van der Waals surface area (Å²) in [6.45, 7) is 0.421. The lowest BCUT2D eigenvalue weighted by atomic mass is 10.2. The quantitative estimate of drug-likeness (QED) is 0.366. The Labute approximate surface area is 203 Å². The Kier molecular flexibility index (Phi) is 7.19. The van der Waals surface area contributed by atoms with Crippen LogP contribution in [0.2, 0.25) is 5.02 Å². The number of para-hydroxylation sites is 1. The standard InChI is InChI=1S/C24H18BrClN2O3S/c1-30-21-12-16(8-11-20(21)31-14-15-6-9-17(25)10-7-15)13-22-23(29)28-24(32-22)27-19-5-3-2-4-18(19)26/h2-13H,14H2,1H3,(H,27,28,29)/b22-13+. The highest BCUT2D eigenvalue weighted by Gasteiger charge is 2.24. The van der Waals surface area contributed by atoms with Gasteiger partial charge in [-0.25, -0.2) is 4.99 Å². The number of halogens is 2. The minimum Gasteiger partial charge on any atom is -0.493 e. The van der Waals surface area contributed by atoms with Crippen LogP contribution < -0.4 is 14.8 Å². The van der Waals surface area contributed by atoms with Crippen molar-refractivity contribution in [3.05, 3.63) is 92.3 Å². The summed E-state index contributed by atoms with van der Waals surface area (Å²) in [5, 5.41) is 3.78. The highest BCUT2D eigenvalue weighted by atomic mass is 79.9. The maximum Gasteiger partial charge on any atom is 0.264 e. The third kappa shape index (κ3) is 5.54. The van der Waals surface area contributed by atoms with Crippen LogP contribution in [-0.4, -0.2) is 18.2 Å². The van der Waals surface area contributed by atoms with E-state index in [1.807, 2.05) is 54.6 Å². The van der Waals surface area contributed by atoms with Gasteiger partial charge in [0.25, 0.3) is 5.91 Å². The van der Waals surface area contributed by atoms with Gasteiger partial charge >= 0.3 is 0 Å². The molecule has 0 bridgehead atoms. The average Bonchev–Trinajstić information content (AvgIpc) is 3.14. The fourth-order valence-electron chi connectivity index (χ4n) is 2.92. The molecule has 0 aliphatic carbocycles. The van der Waals surface area contributed by atoms with Gasteiger partial charge in [0.15, 0.2) is 16.7 Å². The normalized spacial score (nSPS) is 15.8. The molecule has 0 unspecified atom stereocenters. The topological polar surface area (TPSA) is 59.9 Å². The molecular formula is C24H18BrClN2O3S. The molecule has 4 rings (SSSR count). The second-order valence-electron chi connectivity index (χ2n) is 6.76. The Balaban J connectivity index is 1.49. The zero-order valence-electron chi connectivity index (χ0n) is 17.0. The minimum atomic E-state index is -0.213. The molecule has 1 fully saturated rings. The van der Waals surface area contributed by atoms with Crippen molar-refractivity contribution in [1.82, 2.24) is 5.32 Å². The molecule has 5 nitrogen and oxygen atoms in total. The first kappa shape index (κ1) is 22.5. The van der Waals surface area contributed by atoms with Crippen LogP contribution in [0.5, 0.6) is 11.5 Å². The highest BCUT2D eigenvalue weighted by Crippen LogP contribution is 2.33. The van der Waals surface area contributed by atoms with Crippen LogP contribution in [0, 0.1) is 0 Å². The summed E-state index contributed by atoms with van der Waals surface area (Å²) in [6, 6.07) is 20.7. The van der Waals surface area contributed by atoms with Crippen LogP contribution in [0.1, 0.15) is 11.1 Å². The third-order valence-corrected chi connectivity index (χ3v) is 6.28. The molecule has 1 saturated heterocycles. The molecule has 3 aromatic rings. The third-order valence-electron chi connectivity index (χ3n) is 4.52. The Hall–Kier alpha value is -2.74. The number of hydrogen-bond acceptors (Lipinski definition) is 5. The molecule has 0 aromatic heterocycles. The number of nitrogens with one attached hydrogen (secondary N) is 1. The van der Waals surface area contributed by atoms with E-state index in [1.54, 1.807) is 25.3 Å². The number of aliphatic imine (C=N–C) groups is 1. The van der Waals surface area contributed by atoms with E-state index in [9.17, 15) is 4.79 Å². The van der Waals surface area contributed by atoms with Crippen molar-refractivity contribution in [2.24, 2.45) is 4.99 Å². The molecule has 1 N–H and O–H groups in total. The summed E-state index contributed by atoms with van der Waals surface area (Å²) in [5.74, 6) is 1.00. The summed E-state index contributed by atoms with van der Waals surface area (Å²) in [7, 11) is 1.59. The summed E-state index contributed by atoms with van der Waals surface area (Å²) in [5.41, 5.74) is 2.47. The Morgan fingerprint density at radius 2 is 1.88 bits per heavy atom. The van der Waals surface area contributed by atoms with Gasteiger partial charge in [-0.2, -0.15) is 0 Å². The second kappa shape index (κ2) is 10.3. The maximum atomic E-state index is 12.4. The molecule has 0 spiro atoms. The van der Waals surface area contributed by atoms with Gasteiger partial charge in [-0.05, 0) is 65.4 Å². The van der Waals surface area contributed by atoms with Crippen LogP contribution in [0.3, 0.4) is 0 Å². The molecule has 0 atom stereocenters. The molecule has 32 heavy (non-hydrogen) atoms. The summed E-state index contributed by atoms with van der Waals surface area (Å²) in [6.07, 6.45) is 1.79. The average molecular weight is 530 g/mol. The monoisotopic (exact) mass is 528 g/mol. The lowest BCUT2D eigenvalue weighted by molar-refractivity contribution is -0.115. The number of nitrogens with zero attached hydrogens (tertiary/aromatic N) is 1. The van der Waals surface area contributed by atoms with Gasteiger partial charge in [0.1, 0.15) is 6.61 Å². The molecule has 0 radical (unpaired) electrons. The van der Waals surface area contributed by atoms with Crippen molar-refractivity contribution in [1.29, 1.82) is 0 Å². The largest absolute Gasteiger partial charge is 0.493 e. The molecule has 0 saturated carbocycles. The van der Waals surface area contributed by atoms with Crippen molar-refractivity contribution in [3.63, 3.8) is 0 Å². The van der Waals surface area contributed by atoms with E-state index in [2.05, 4.69) is 26.2 Å². The predicted molar refractivity (Wildman–Crippen MR) is 134 cm³/mol. The molecule has 3 aromatic carbocycles. The van der Waals surface area contributed by atoms with Crippen molar-refractivity contribution in [2.75, 3.05) is 7.11 Å². The summed E-state index contributed by atoms with van der Waals surface area (Å²) >= 11 is 10.8. The Bertz CT molecular complexity index is 1210. The van der Waals surface area contributed by atoms with Crippen molar-refractivity contribution >= 4 is 62.1 Å². The van der Waals surface area contributed by atoms with E-state index in [0.29, 0.717) is 38.9 Å². The molecule has 1 heterocycles. The Morgan fingerprint density at radius 3 is 2.62 bits per heavy atom. The number of carbonyl (C=O) groups is 1. The first-order valence-corrected chi connectivity index (χ1v) is 11.6. The highest BCUT2D eigenvalue weighted by molar-refractivity contribution is 9.10. The number of amides is 1. The van der Waals surface area contributed by atoms with Crippen LogP contribution in [-0.2, 0) is 11.4 Å². The fourth-order valence-corrected chi connectivity index (χ4v) is 4.20. The molecular weight excluding hydrogens is 512 g/mol. The zero-order chi connectivity index (χ0) is 22.5. The van der Waals surface area contributed by atoms with Gasteiger partial charge < -0.3 is 14.8 Å². The van der Waals surface area contributed by atoms with Crippen molar-refractivity contribution < 1.29 is 14.3 Å². The van der Waals surface area contributed by atoms with E-state index in [0.717, 1.165) is 15.6 Å². The Morgan fingerprint density at radius 1 is 1.09 bits per heavy atom. The van der Waals surface area contributed by atoms with E-state index < -0.39 is 0 Å². The first-order valence-electron chi connectivity index (χ1n) is 9.61. The lowest BCUT2D eigenvalue weighted by Gasteiger charge is -2.11. The van der Waals surface area contributed by atoms with Crippen LogP contribution in [0.15, 0.2) is 81.1 Å². The number of methoxy groups -OCH3 is 1. The van der Waals surface area contributed by atoms with Gasteiger partial charge in [-0.3, -0.25) is 4.79 Å². The molecule has 1 aliphatic heterocycles. The van der Waals surface area contributed by atoms with Crippen LogP contribution in [0.4, 0.5) is 5.69 Å². The van der Waals surface area contributed by atoms with E-state index in [-0.39, 0.29) is 5.91 Å². The molecule has 8 heteroatoms. The van der Waals surface area contributed by atoms with Gasteiger partial charge in [-0.1, -0.05) is 57.9 Å². The van der Waals surface area contributed by atoms with Gasteiger partial charge in [0, 0.05) is 4.47 Å². The number of carbonyl (C=O) groups excluding carboxylic acids is 1. The number of thioether (sulfide) groups is 1. The van der Waals surface area contributed by atoms with E-state index >= 15 is 0 Å². The molecule has 1 aliphatic rings. The van der Waals surface area contributed by atoms with Gasteiger partial charge in [0.2, 0.25) is 0 Å². The van der Waals surface area contributed by atoms with Crippen molar-refractivity contribution in [2.45, 2.75) is 6.61 Å². The molecule has 1 amide bonds. The predicted octanol–water partition coefficient (Wildman–Crippen LogP) is 6.58. The maximum absolute atomic E-state index is 12.4. The van der Waals surface area contributed by atoms with Crippen LogP contribution >= 0.6 is 39.3 Å². The SMILES string of the molecule is COc1cc(/C=C2/SC(=Nc3ccccc3Cl)NC2=O)ccc1OCc1ccc(Br)cc1. The number of benzene rings is 3. The molecule has 162 valence electrons. The van der Waals surface area contributed by atoms with E-state index in [4.69, 9.17) is 21.1 Å². The first-order chi connectivity index (χ1) is 15.5. The number of hydrogen-bond donors (Lipinski definition) is 1. The second-order valence-corrected chi connectivity index (χ2v) is 9.11. The fraction of sp³-hybridized carbons (Fsp3) is 0.0833. The van der Waals surface area contributed by atoms with Gasteiger partial charge in [-0.15, -0.1) is 0 Å².